The van der Waals surface area contributed by atoms with Crippen LogP contribution in [0.1, 0.15) is 25.0 Å². The Labute approximate surface area is 270 Å². The summed E-state index contributed by atoms with van der Waals surface area (Å²) >= 11 is 0. The molecular formula is C45H33N. The summed E-state index contributed by atoms with van der Waals surface area (Å²) in [5, 5.41) is 7.88. The van der Waals surface area contributed by atoms with E-state index in [1.807, 2.05) is 0 Å². The molecule has 1 aliphatic rings. The number of nitrogens with zero attached hydrogens (tertiary/aromatic N) is 1. The molecular weight excluding hydrogens is 555 g/mol. The highest BCUT2D eigenvalue weighted by atomic mass is 15.1. The van der Waals surface area contributed by atoms with Crippen molar-refractivity contribution in [2.45, 2.75) is 19.3 Å². The molecule has 0 aromatic heterocycles. The quantitative estimate of drug-likeness (QED) is 0.185. The Hall–Kier alpha value is -5.66. The standard InChI is InChI=1S/C45H33N/c1-45(2)41-20-12-11-19-39(41)43-40-27-23-32-29-35(26-28-36(32)42(40)37-17-9-10-18-38(37)44(43)45)46(33-15-7-4-8-16-33)34-24-21-31(22-25-34)30-13-5-3-6-14-30/h3-29H,1-2H3. The van der Waals surface area contributed by atoms with Crippen LogP contribution < -0.4 is 4.90 Å². The van der Waals surface area contributed by atoms with Gasteiger partial charge in [-0.15, -0.1) is 0 Å². The van der Waals surface area contributed by atoms with Gasteiger partial charge in [-0.25, -0.2) is 0 Å². The largest absolute Gasteiger partial charge is 0.310 e. The molecule has 0 heterocycles. The minimum atomic E-state index is -0.0647. The predicted molar refractivity (Wildman–Crippen MR) is 197 cm³/mol. The second-order valence-corrected chi connectivity index (χ2v) is 12.9. The van der Waals surface area contributed by atoms with E-state index in [1.165, 1.54) is 65.7 Å². The van der Waals surface area contributed by atoms with Crippen molar-refractivity contribution < 1.29 is 0 Å². The highest BCUT2D eigenvalue weighted by molar-refractivity contribution is 6.26. The van der Waals surface area contributed by atoms with Crippen molar-refractivity contribution in [3.63, 3.8) is 0 Å². The molecule has 0 aliphatic heterocycles. The van der Waals surface area contributed by atoms with Crippen LogP contribution in [-0.2, 0) is 5.41 Å². The van der Waals surface area contributed by atoms with E-state index >= 15 is 0 Å². The minimum absolute atomic E-state index is 0.0647. The maximum atomic E-state index is 2.38. The Balaban J connectivity index is 1.26. The molecule has 8 aromatic rings. The van der Waals surface area contributed by atoms with Gasteiger partial charge < -0.3 is 4.90 Å². The zero-order valence-corrected chi connectivity index (χ0v) is 26.0. The van der Waals surface area contributed by atoms with Crippen LogP contribution in [0, 0.1) is 0 Å². The monoisotopic (exact) mass is 587 g/mol. The molecule has 1 aliphatic carbocycles. The van der Waals surface area contributed by atoms with Gasteiger partial charge in [0.25, 0.3) is 0 Å². The Bertz CT molecular complexity index is 2420. The predicted octanol–water partition coefficient (Wildman–Crippen LogP) is 12.6. The Morgan fingerprint density at radius 3 is 1.80 bits per heavy atom. The molecule has 8 aromatic carbocycles. The van der Waals surface area contributed by atoms with Gasteiger partial charge in [0.15, 0.2) is 0 Å². The van der Waals surface area contributed by atoms with Crippen LogP contribution in [-0.4, -0.2) is 0 Å². The maximum Gasteiger partial charge on any atom is 0.0468 e. The third-order valence-electron chi connectivity index (χ3n) is 9.99. The smallest absolute Gasteiger partial charge is 0.0468 e. The molecule has 0 unspecified atom stereocenters. The normalized spacial score (nSPS) is 13.2. The highest BCUT2D eigenvalue weighted by Gasteiger charge is 2.38. The van der Waals surface area contributed by atoms with Crippen molar-refractivity contribution in [3.05, 3.63) is 175 Å². The molecule has 9 rings (SSSR count). The van der Waals surface area contributed by atoms with Gasteiger partial charge in [0.2, 0.25) is 0 Å². The molecule has 1 nitrogen and oxygen atoms in total. The fourth-order valence-corrected chi connectivity index (χ4v) is 7.91. The van der Waals surface area contributed by atoms with Crippen LogP contribution in [0.2, 0.25) is 0 Å². The number of rotatable bonds is 4. The van der Waals surface area contributed by atoms with E-state index < -0.39 is 0 Å². The van der Waals surface area contributed by atoms with Gasteiger partial charge in [-0.2, -0.15) is 0 Å². The van der Waals surface area contributed by atoms with Gasteiger partial charge in [0, 0.05) is 22.5 Å². The van der Waals surface area contributed by atoms with Gasteiger partial charge in [0.05, 0.1) is 0 Å². The molecule has 0 fully saturated rings. The molecule has 46 heavy (non-hydrogen) atoms. The fraction of sp³-hybridized carbons (Fsp3) is 0.0667. The van der Waals surface area contributed by atoms with Crippen molar-refractivity contribution in [3.8, 4) is 22.3 Å². The van der Waals surface area contributed by atoms with Gasteiger partial charge >= 0.3 is 0 Å². The third kappa shape index (κ3) is 3.95. The number of hydrogen-bond acceptors (Lipinski definition) is 1. The SMILES string of the molecule is CC1(C)c2ccccc2-c2c1c1ccccc1c1c2ccc2cc(N(c3ccccc3)c3ccc(-c4ccccc4)cc3)ccc21. The summed E-state index contributed by atoms with van der Waals surface area (Å²) in [5.74, 6) is 0. The molecule has 1 heteroatoms. The van der Waals surface area contributed by atoms with Crippen LogP contribution in [0.3, 0.4) is 0 Å². The number of hydrogen-bond donors (Lipinski definition) is 0. The zero-order chi connectivity index (χ0) is 30.8. The van der Waals surface area contributed by atoms with Crippen molar-refractivity contribution in [2.24, 2.45) is 0 Å². The average Bonchev–Trinajstić information content (AvgIpc) is 3.36. The summed E-state index contributed by atoms with van der Waals surface area (Å²) in [6.07, 6.45) is 0. The lowest BCUT2D eigenvalue weighted by atomic mass is 9.79. The Morgan fingerprint density at radius 1 is 0.435 bits per heavy atom. The number of para-hydroxylation sites is 1. The molecule has 0 bridgehead atoms. The lowest BCUT2D eigenvalue weighted by Gasteiger charge is -2.26. The van der Waals surface area contributed by atoms with Gasteiger partial charge in [0.1, 0.15) is 0 Å². The van der Waals surface area contributed by atoms with Crippen LogP contribution in [0.4, 0.5) is 17.1 Å². The van der Waals surface area contributed by atoms with Crippen molar-refractivity contribution in [1.82, 2.24) is 0 Å². The number of anilines is 3. The maximum absolute atomic E-state index is 2.38. The summed E-state index contributed by atoms with van der Waals surface area (Å²) in [6.45, 7) is 4.77. The first-order valence-electron chi connectivity index (χ1n) is 16.1. The van der Waals surface area contributed by atoms with E-state index in [2.05, 4.69) is 183 Å². The molecule has 0 radical (unpaired) electrons. The van der Waals surface area contributed by atoms with Crippen molar-refractivity contribution in [1.29, 1.82) is 0 Å². The number of fused-ring (bicyclic) bond motifs is 10. The second kappa shape index (κ2) is 10.2. The van der Waals surface area contributed by atoms with Crippen molar-refractivity contribution in [2.75, 3.05) is 4.90 Å². The lowest BCUT2D eigenvalue weighted by molar-refractivity contribution is 0.666. The van der Waals surface area contributed by atoms with Gasteiger partial charge in [-0.05, 0) is 102 Å². The summed E-state index contributed by atoms with van der Waals surface area (Å²) < 4.78 is 0. The highest BCUT2D eigenvalue weighted by Crippen LogP contribution is 2.55. The third-order valence-corrected chi connectivity index (χ3v) is 9.99. The Kier molecular flexibility index (Phi) is 5.92. The molecule has 0 amide bonds. The fourth-order valence-electron chi connectivity index (χ4n) is 7.91. The minimum Gasteiger partial charge on any atom is -0.310 e. The summed E-state index contributed by atoms with van der Waals surface area (Å²) in [6, 6.07) is 59.8. The Morgan fingerprint density at radius 2 is 1.02 bits per heavy atom. The van der Waals surface area contributed by atoms with Crippen LogP contribution in [0.5, 0.6) is 0 Å². The van der Waals surface area contributed by atoms with Crippen LogP contribution in [0.25, 0.3) is 54.6 Å². The van der Waals surface area contributed by atoms with Gasteiger partial charge in [-0.3, -0.25) is 0 Å². The topological polar surface area (TPSA) is 3.24 Å². The van der Waals surface area contributed by atoms with Crippen LogP contribution >= 0.6 is 0 Å². The van der Waals surface area contributed by atoms with E-state index in [1.54, 1.807) is 0 Å². The average molecular weight is 588 g/mol. The summed E-state index contributed by atoms with van der Waals surface area (Å²) in [4.78, 5) is 2.36. The van der Waals surface area contributed by atoms with Gasteiger partial charge in [-0.1, -0.05) is 141 Å². The lowest BCUT2D eigenvalue weighted by Crippen LogP contribution is -2.15. The summed E-state index contributed by atoms with van der Waals surface area (Å²) in [5.41, 5.74) is 11.4. The van der Waals surface area contributed by atoms with E-state index in [4.69, 9.17) is 0 Å². The van der Waals surface area contributed by atoms with E-state index in [0.717, 1.165) is 17.1 Å². The van der Waals surface area contributed by atoms with E-state index in [0.29, 0.717) is 0 Å². The number of benzene rings is 8. The van der Waals surface area contributed by atoms with Crippen LogP contribution in [0.15, 0.2) is 164 Å². The zero-order valence-electron chi connectivity index (χ0n) is 26.0. The molecule has 0 spiro atoms. The van der Waals surface area contributed by atoms with Crippen molar-refractivity contribution >= 4 is 49.4 Å². The summed E-state index contributed by atoms with van der Waals surface area (Å²) in [7, 11) is 0. The second-order valence-electron chi connectivity index (χ2n) is 12.9. The molecule has 0 saturated carbocycles. The first-order valence-corrected chi connectivity index (χ1v) is 16.1. The van der Waals surface area contributed by atoms with E-state index in [9.17, 15) is 0 Å². The van der Waals surface area contributed by atoms with E-state index in [-0.39, 0.29) is 5.41 Å². The first kappa shape index (κ1) is 26.7. The molecule has 0 atom stereocenters. The molecule has 0 saturated heterocycles. The molecule has 0 N–H and O–H groups in total. The first-order chi connectivity index (χ1) is 22.6. The molecule has 218 valence electrons.